The first kappa shape index (κ1) is 13.2. The van der Waals surface area contributed by atoms with Crippen molar-refractivity contribution in [2.24, 2.45) is 0 Å². The zero-order valence-corrected chi connectivity index (χ0v) is 10.8. The van der Waals surface area contributed by atoms with Gasteiger partial charge in [-0.3, -0.25) is 9.78 Å². The molecule has 0 saturated heterocycles. The zero-order valence-electron chi connectivity index (χ0n) is 10.1. The number of esters is 1. The number of nitrogens with zero attached hydrogens (tertiary/aromatic N) is 1. The standard InChI is InChI=1S/C14H10ClNO3/c1-19-14(18)9-4-5-10(12(15)7-9)11-3-2-6-16-13(11)8-17/h2-8H,1H3. The highest BCUT2D eigenvalue weighted by molar-refractivity contribution is 6.33. The normalized spacial score (nSPS) is 10.0. The van der Waals surface area contributed by atoms with Gasteiger partial charge in [-0.2, -0.15) is 0 Å². The maximum Gasteiger partial charge on any atom is 0.337 e. The van der Waals surface area contributed by atoms with Gasteiger partial charge in [0.1, 0.15) is 5.69 Å². The molecule has 19 heavy (non-hydrogen) atoms. The van der Waals surface area contributed by atoms with Crippen molar-refractivity contribution in [2.45, 2.75) is 0 Å². The number of aromatic nitrogens is 1. The molecule has 0 unspecified atom stereocenters. The third-order valence-electron chi connectivity index (χ3n) is 2.63. The highest BCUT2D eigenvalue weighted by Gasteiger charge is 2.12. The molecule has 0 amide bonds. The van der Waals surface area contributed by atoms with E-state index in [2.05, 4.69) is 9.72 Å². The lowest BCUT2D eigenvalue weighted by atomic mass is 10.0. The smallest absolute Gasteiger partial charge is 0.337 e. The molecule has 4 nitrogen and oxygen atoms in total. The monoisotopic (exact) mass is 275 g/mol. The van der Waals surface area contributed by atoms with Crippen LogP contribution in [0.2, 0.25) is 5.02 Å². The van der Waals surface area contributed by atoms with Crippen LogP contribution in [0, 0.1) is 0 Å². The van der Waals surface area contributed by atoms with Crippen molar-refractivity contribution in [1.29, 1.82) is 0 Å². The van der Waals surface area contributed by atoms with Gasteiger partial charge in [0.05, 0.1) is 12.7 Å². The fourth-order valence-corrected chi connectivity index (χ4v) is 2.00. The fraction of sp³-hybridized carbons (Fsp3) is 0.0714. The van der Waals surface area contributed by atoms with E-state index in [1.54, 1.807) is 24.3 Å². The molecule has 2 aromatic rings. The van der Waals surface area contributed by atoms with Crippen molar-refractivity contribution < 1.29 is 14.3 Å². The fourth-order valence-electron chi connectivity index (χ4n) is 1.72. The predicted molar refractivity (Wildman–Crippen MR) is 71.4 cm³/mol. The molecule has 0 saturated carbocycles. The summed E-state index contributed by atoms with van der Waals surface area (Å²) in [5.74, 6) is -0.463. The second-order valence-electron chi connectivity index (χ2n) is 3.74. The molecule has 5 heteroatoms. The molecule has 1 aromatic heterocycles. The Morgan fingerprint density at radius 1 is 1.32 bits per heavy atom. The zero-order chi connectivity index (χ0) is 13.8. The number of hydrogen-bond donors (Lipinski definition) is 0. The lowest BCUT2D eigenvalue weighted by molar-refractivity contribution is 0.0600. The number of aldehydes is 1. The highest BCUT2D eigenvalue weighted by atomic mass is 35.5. The first-order valence-electron chi connectivity index (χ1n) is 5.46. The van der Waals surface area contributed by atoms with E-state index in [0.717, 1.165) is 0 Å². The first-order chi connectivity index (χ1) is 9.17. The van der Waals surface area contributed by atoms with Crippen molar-refractivity contribution >= 4 is 23.9 Å². The molecular weight excluding hydrogens is 266 g/mol. The molecule has 1 heterocycles. The maximum atomic E-state index is 11.4. The van der Waals surface area contributed by atoms with Crippen LogP contribution in [0.25, 0.3) is 11.1 Å². The molecule has 0 radical (unpaired) electrons. The summed E-state index contributed by atoms with van der Waals surface area (Å²) in [5.41, 5.74) is 1.92. The van der Waals surface area contributed by atoms with Crippen molar-refractivity contribution in [1.82, 2.24) is 4.98 Å². The topological polar surface area (TPSA) is 56.3 Å². The summed E-state index contributed by atoms with van der Waals surface area (Å²) in [6.45, 7) is 0. The summed E-state index contributed by atoms with van der Waals surface area (Å²) >= 11 is 6.14. The number of halogens is 1. The Morgan fingerprint density at radius 2 is 2.11 bits per heavy atom. The average molecular weight is 276 g/mol. The van der Waals surface area contributed by atoms with Crippen LogP contribution < -0.4 is 0 Å². The third-order valence-corrected chi connectivity index (χ3v) is 2.94. The van der Waals surface area contributed by atoms with Gasteiger partial charge in [0.15, 0.2) is 6.29 Å². The molecule has 1 aromatic carbocycles. The minimum atomic E-state index is -0.463. The quantitative estimate of drug-likeness (QED) is 0.638. The lowest BCUT2D eigenvalue weighted by Gasteiger charge is -2.08. The predicted octanol–water partition coefficient (Wildman–Crippen LogP) is 3.00. The molecule has 96 valence electrons. The molecule has 0 bridgehead atoms. The van der Waals surface area contributed by atoms with Gasteiger partial charge in [-0.25, -0.2) is 4.79 Å². The Kier molecular flexibility index (Phi) is 3.92. The van der Waals surface area contributed by atoms with Gasteiger partial charge >= 0.3 is 5.97 Å². The summed E-state index contributed by atoms with van der Waals surface area (Å²) in [7, 11) is 1.30. The largest absolute Gasteiger partial charge is 0.465 e. The molecule has 0 N–H and O–H groups in total. The van der Waals surface area contributed by atoms with E-state index in [1.807, 2.05) is 0 Å². The van der Waals surface area contributed by atoms with E-state index in [1.165, 1.54) is 19.4 Å². The summed E-state index contributed by atoms with van der Waals surface area (Å²) in [4.78, 5) is 26.3. The SMILES string of the molecule is COC(=O)c1ccc(-c2cccnc2C=O)c(Cl)c1. The number of rotatable bonds is 3. The van der Waals surface area contributed by atoms with Gasteiger partial charge < -0.3 is 4.74 Å². The van der Waals surface area contributed by atoms with Crippen LogP contribution in [-0.4, -0.2) is 24.3 Å². The van der Waals surface area contributed by atoms with Crippen LogP contribution in [0.3, 0.4) is 0 Å². The van der Waals surface area contributed by atoms with Crippen molar-refractivity contribution in [3.63, 3.8) is 0 Å². The van der Waals surface area contributed by atoms with Crippen molar-refractivity contribution in [2.75, 3.05) is 7.11 Å². The maximum absolute atomic E-state index is 11.4. The van der Waals surface area contributed by atoms with E-state index >= 15 is 0 Å². The minimum Gasteiger partial charge on any atom is -0.465 e. The van der Waals surface area contributed by atoms with E-state index in [9.17, 15) is 9.59 Å². The Labute approximate surface area is 115 Å². The number of hydrogen-bond acceptors (Lipinski definition) is 4. The molecule has 0 spiro atoms. The lowest BCUT2D eigenvalue weighted by Crippen LogP contribution is -2.01. The van der Waals surface area contributed by atoms with Crippen LogP contribution in [-0.2, 0) is 4.74 Å². The van der Waals surface area contributed by atoms with Gasteiger partial charge in [0.2, 0.25) is 0 Å². The Morgan fingerprint density at radius 3 is 2.74 bits per heavy atom. The van der Waals surface area contributed by atoms with Crippen molar-refractivity contribution in [3.05, 3.63) is 52.8 Å². The van der Waals surface area contributed by atoms with Crippen LogP contribution >= 0.6 is 11.6 Å². The number of pyridine rings is 1. The number of ether oxygens (including phenoxy) is 1. The summed E-state index contributed by atoms with van der Waals surface area (Å²) in [6.07, 6.45) is 2.20. The van der Waals surface area contributed by atoms with Gasteiger partial charge in [-0.15, -0.1) is 0 Å². The Balaban J connectivity index is 2.52. The summed E-state index contributed by atoms with van der Waals surface area (Å²) < 4.78 is 4.62. The van der Waals surface area contributed by atoms with Gasteiger partial charge in [0, 0.05) is 22.3 Å². The molecule has 2 rings (SSSR count). The minimum absolute atomic E-state index is 0.301. The highest BCUT2D eigenvalue weighted by Crippen LogP contribution is 2.30. The molecule has 0 aliphatic carbocycles. The van der Waals surface area contributed by atoms with E-state index in [4.69, 9.17) is 11.6 Å². The average Bonchev–Trinajstić information content (AvgIpc) is 2.46. The second-order valence-corrected chi connectivity index (χ2v) is 4.15. The first-order valence-corrected chi connectivity index (χ1v) is 5.83. The Hall–Kier alpha value is -2.20. The van der Waals surface area contributed by atoms with Crippen LogP contribution in [0.15, 0.2) is 36.5 Å². The number of carbonyl (C=O) groups is 2. The summed E-state index contributed by atoms with van der Waals surface area (Å²) in [5, 5.41) is 0.360. The molecular formula is C14H10ClNO3. The van der Waals surface area contributed by atoms with E-state index < -0.39 is 5.97 Å². The number of benzene rings is 1. The van der Waals surface area contributed by atoms with Gasteiger partial charge in [-0.05, 0) is 18.2 Å². The number of methoxy groups -OCH3 is 1. The third kappa shape index (κ3) is 2.63. The van der Waals surface area contributed by atoms with E-state index in [0.29, 0.717) is 33.7 Å². The van der Waals surface area contributed by atoms with Crippen LogP contribution in [0.1, 0.15) is 20.8 Å². The molecule has 0 fully saturated rings. The van der Waals surface area contributed by atoms with Crippen LogP contribution in [0.5, 0.6) is 0 Å². The van der Waals surface area contributed by atoms with Crippen molar-refractivity contribution in [3.8, 4) is 11.1 Å². The van der Waals surface area contributed by atoms with Gasteiger partial charge in [-0.1, -0.05) is 23.7 Å². The van der Waals surface area contributed by atoms with Gasteiger partial charge in [0.25, 0.3) is 0 Å². The molecule has 0 atom stereocenters. The molecule has 0 aliphatic heterocycles. The summed E-state index contributed by atoms with van der Waals surface area (Å²) in [6, 6.07) is 8.22. The number of carbonyl (C=O) groups excluding carboxylic acids is 2. The molecule has 0 aliphatic rings. The van der Waals surface area contributed by atoms with Crippen LogP contribution in [0.4, 0.5) is 0 Å². The van der Waals surface area contributed by atoms with E-state index in [-0.39, 0.29) is 0 Å². The second kappa shape index (κ2) is 5.63. The Bertz CT molecular complexity index is 640.